The normalized spacial score (nSPS) is 16.5. The third-order valence-corrected chi connectivity index (χ3v) is 2.79. The van der Waals surface area contributed by atoms with Crippen LogP contribution < -0.4 is 0 Å². The lowest BCUT2D eigenvalue weighted by Crippen LogP contribution is -2.20. The van der Waals surface area contributed by atoms with Crippen molar-refractivity contribution in [3.05, 3.63) is 5.92 Å². The minimum Gasteiger partial charge on any atom is -0.0652 e. The molecule has 0 N–H and O–H groups in total. The molecule has 0 heterocycles. The Balaban J connectivity index is 3.94. The van der Waals surface area contributed by atoms with Crippen molar-refractivity contribution in [3.8, 4) is 0 Å². The van der Waals surface area contributed by atoms with Crippen molar-refractivity contribution in [2.24, 2.45) is 5.41 Å². The molecular weight excluding hydrogens is 120 g/mol. The van der Waals surface area contributed by atoms with Gasteiger partial charge in [-0.2, -0.15) is 0 Å². The van der Waals surface area contributed by atoms with E-state index in [1.54, 1.807) is 5.92 Å². The second kappa shape index (κ2) is 3.90. The van der Waals surface area contributed by atoms with Crippen LogP contribution in [0.3, 0.4) is 0 Å². The SMILES string of the molecule is CCCC(C)(CC)[C+](C)C. The Hall–Kier alpha value is -0.130. The van der Waals surface area contributed by atoms with Crippen LogP contribution in [0.5, 0.6) is 0 Å². The fourth-order valence-corrected chi connectivity index (χ4v) is 1.33. The summed E-state index contributed by atoms with van der Waals surface area (Å²) in [4.78, 5) is 0. The fraction of sp³-hybridized carbons (Fsp3) is 0.900. The van der Waals surface area contributed by atoms with Gasteiger partial charge >= 0.3 is 0 Å². The molecule has 0 saturated heterocycles. The smallest absolute Gasteiger partial charge is 0.0652 e. The predicted molar refractivity (Wildman–Crippen MR) is 47.9 cm³/mol. The van der Waals surface area contributed by atoms with Gasteiger partial charge in [-0.25, -0.2) is 0 Å². The zero-order valence-electron chi connectivity index (χ0n) is 8.12. The minimum atomic E-state index is 0.509. The van der Waals surface area contributed by atoms with Gasteiger partial charge in [0.15, 0.2) is 0 Å². The van der Waals surface area contributed by atoms with Crippen molar-refractivity contribution in [1.29, 1.82) is 0 Å². The van der Waals surface area contributed by atoms with Gasteiger partial charge in [0, 0.05) is 0 Å². The number of hydrogen-bond donors (Lipinski definition) is 0. The number of rotatable bonds is 4. The molecule has 10 heavy (non-hydrogen) atoms. The molecule has 0 heteroatoms. The quantitative estimate of drug-likeness (QED) is 0.522. The van der Waals surface area contributed by atoms with Gasteiger partial charge in [-0.05, 0) is 19.8 Å². The van der Waals surface area contributed by atoms with Crippen LogP contribution >= 0.6 is 0 Å². The first-order valence-corrected chi connectivity index (χ1v) is 4.37. The molecule has 0 aliphatic heterocycles. The van der Waals surface area contributed by atoms with Crippen molar-refractivity contribution in [2.75, 3.05) is 0 Å². The van der Waals surface area contributed by atoms with Crippen LogP contribution in [-0.4, -0.2) is 0 Å². The largest absolute Gasteiger partial charge is 0.107 e. The molecule has 0 aliphatic rings. The molecular formula is C10H21+. The van der Waals surface area contributed by atoms with E-state index in [1.807, 2.05) is 0 Å². The summed E-state index contributed by atoms with van der Waals surface area (Å²) in [6, 6.07) is 0. The molecule has 60 valence electrons. The Labute approximate surface area is 66.0 Å². The van der Waals surface area contributed by atoms with Gasteiger partial charge in [0.1, 0.15) is 5.41 Å². The Morgan fingerprint density at radius 2 is 1.70 bits per heavy atom. The average molecular weight is 141 g/mol. The van der Waals surface area contributed by atoms with E-state index in [1.165, 1.54) is 19.3 Å². The highest BCUT2D eigenvalue weighted by Gasteiger charge is 2.34. The lowest BCUT2D eigenvalue weighted by molar-refractivity contribution is 0.302. The van der Waals surface area contributed by atoms with E-state index in [9.17, 15) is 0 Å². The van der Waals surface area contributed by atoms with Crippen LogP contribution in [-0.2, 0) is 0 Å². The molecule has 0 aliphatic carbocycles. The lowest BCUT2D eigenvalue weighted by Gasteiger charge is -2.22. The molecule has 0 fully saturated rings. The lowest BCUT2D eigenvalue weighted by atomic mass is 9.74. The van der Waals surface area contributed by atoms with E-state index in [2.05, 4.69) is 34.6 Å². The average Bonchev–Trinajstić information content (AvgIpc) is 1.88. The minimum absolute atomic E-state index is 0.509. The van der Waals surface area contributed by atoms with Gasteiger partial charge in [0.2, 0.25) is 0 Å². The van der Waals surface area contributed by atoms with Crippen molar-refractivity contribution in [2.45, 2.75) is 53.9 Å². The van der Waals surface area contributed by atoms with Crippen LogP contribution in [0.15, 0.2) is 0 Å². The molecule has 0 nitrogen and oxygen atoms in total. The summed E-state index contributed by atoms with van der Waals surface area (Å²) in [6.07, 6.45) is 3.92. The predicted octanol–water partition coefficient (Wildman–Crippen LogP) is 3.82. The molecule has 0 amide bonds. The van der Waals surface area contributed by atoms with E-state index in [0.717, 1.165) is 0 Å². The van der Waals surface area contributed by atoms with Crippen LogP contribution in [0.25, 0.3) is 0 Å². The van der Waals surface area contributed by atoms with E-state index in [-0.39, 0.29) is 0 Å². The maximum Gasteiger partial charge on any atom is 0.107 e. The molecule has 1 unspecified atom stereocenters. The summed E-state index contributed by atoms with van der Waals surface area (Å²) in [5, 5.41) is 0. The van der Waals surface area contributed by atoms with Crippen LogP contribution in [0.2, 0.25) is 0 Å². The highest BCUT2D eigenvalue weighted by Crippen LogP contribution is 2.36. The van der Waals surface area contributed by atoms with Crippen LogP contribution in [0.4, 0.5) is 0 Å². The second-order valence-corrected chi connectivity index (χ2v) is 3.66. The molecule has 0 aromatic heterocycles. The first kappa shape index (κ1) is 9.87. The molecule has 0 aromatic carbocycles. The van der Waals surface area contributed by atoms with Gasteiger partial charge in [-0.3, -0.25) is 0 Å². The zero-order valence-corrected chi connectivity index (χ0v) is 8.12. The first-order valence-electron chi connectivity index (χ1n) is 4.37. The van der Waals surface area contributed by atoms with Gasteiger partial charge in [0.25, 0.3) is 0 Å². The van der Waals surface area contributed by atoms with Crippen LogP contribution in [0.1, 0.15) is 53.9 Å². The summed E-state index contributed by atoms with van der Waals surface area (Å²) in [5.41, 5.74) is 0.509. The molecule has 0 aromatic rings. The maximum absolute atomic E-state index is 2.37. The van der Waals surface area contributed by atoms with E-state index in [4.69, 9.17) is 0 Å². The van der Waals surface area contributed by atoms with Crippen molar-refractivity contribution in [1.82, 2.24) is 0 Å². The molecule has 1 atom stereocenters. The van der Waals surface area contributed by atoms with Gasteiger partial charge in [0.05, 0.1) is 19.8 Å². The zero-order chi connectivity index (χ0) is 8.20. The van der Waals surface area contributed by atoms with E-state index < -0.39 is 0 Å². The molecule has 0 saturated carbocycles. The number of hydrogen-bond acceptors (Lipinski definition) is 0. The fourth-order valence-electron chi connectivity index (χ4n) is 1.33. The highest BCUT2D eigenvalue weighted by molar-refractivity contribution is 4.96. The Bertz CT molecular complexity index is 84.0. The van der Waals surface area contributed by atoms with Crippen molar-refractivity contribution >= 4 is 0 Å². The summed E-state index contributed by atoms with van der Waals surface area (Å²) in [5.74, 6) is 1.58. The first-order chi connectivity index (χ1) is 4.56. The second-order valence-electron chi connectivity index (χ2n) is 3.66. The monoisotopic (exact) mass is 141 g/mol. The molecule has 0 radical (unpaired) electrons. The van der Waals surface area contributed by atoms with Crippen LogP contribution in [0, 0.1) is 11.3 Å². The van der Waals surface area contributed by atoms with Crippen molar-refractivity contribution in [3.63, 3.8) is 0 Å². The van der Waals surface area contributed by atoms with Gasteiger partial charge in [-0.1, -0.05) is 20.3 Å². The highest BCUT2D eigenvalue weighted by atomic mass is 14.3. The summed E-state index contributed by atoms with van der Waals surface area (Å²) in [7, 11) is 0. The van der Waals surface area contributed by atoms with Gasteiger partial charge < -0.3 is 0 Å². The summed E-state index contributed by atoms with van der Waals surface area (Å²) < 4.78 is 0. The van der Waals surface area contributed by atoms with Gasteiger partial charge in [-0.15, -0.1) is 0 Å². The maximum atomic E-state index is 2.37. The standard InChI is InChI=1S/C10H21/c1-6-8-10(5,7-2)9(3)4/h6-8H2,1-5H3/q+1. The Morgan fingerprint density at radius 3 is 1.80 bits per heavy atom. The molecule has 0 rings (SSSR count). The third-order valence-electron chi connectivity index (χ3n) is 2.79. The summed E-state index contributed by atoms with van der Waals surface area (Å²) in [6.45, 7) is 11.4. The third kappa shape index (κ3) is 2.24. The molecule has 0 spiro atoms. The Morgan fingerprint density at radius 1 is 1.20 bits per heavy atom. The van der Waals surface area contributed by atoms with E-state index >= 15 is 0 Å². The molecule has 0 bridgehead atoms. The Kier molecular flexibility index (Phi) is 3.85. The van der Waals surface area contributed by atoms with Crippen molar-refractivity contribution < 1.29 is 0 Å². The summed E-state index contributed by atoms with van der Waals surface area (Å²) >= 11 is 0. The van der Waals surface area contributed by atoms with E-state index in [0.29, 0.717) is 5.41 Å². The topological polar surface area (TPSA) is 0 Å².